The van der Waals surface area contributed by atoms with Crippen molar-refractivity contribution in [3.05, 3.63) is 75.7 Å². The Morgan fingerprint density at radius 3 is 2.73 bits per heavy atom. The smallest absolute Gasteiger partial charge is 0.252 e. The molecule has 30 heavy (non-hydrogen) atoms. The van der Waals surface area contributed by atoms with Gasteiger partial charge in [-0.05, 0) is 48.6 Å². The number of amides is 1. The number of fused-ring (bicyclic) bond motifs is 1. The predicted octanol–water partition coefficient (Wildman–Crippen LogP) is 4.74. The maximum Gasteiger partial charge on any atom is 0.252 e. The summed E-state index contributed by atoms with van der Waals surface area (Å²) in [7, 11) is 1.64. The Bertz CT molecular complexity index is 1150. The number of nitrogens with one attached hydrogen (secondary N) is 1. The number of nitrogens with zero attached hydrogens (tertiary/aromatic N) is 3. The zero-order chi connectivity index (χ0) is 21.1. The molecule has 1 atom stereocenters. The molecule has 1 aromatic carbocycles. The molecule has 0 fully saturated rings. The number of hydrogen-bond donors (Lipinski definition) is 1. The Kier molecular flexibility index (Phi) is 5.81. The normalized spacial score (nSPS) is 12.1. The Morgan fingerprint density at radius 1 is 1.27 bits per heavy atom. The van der Waals surface area contributed by atoms with Gasteiger partial charge in [0.1, 0.15) is 5.75 Å². The van der Waals surface area contributed by atoms with Gasteiger partial charge in [-0.1, -0.05) is 25.1 Å². The quantitative estimate of drug-likeness (QED) is 0.469. The van der Waals surface area contributed by atoms with Crippen molar-refractivity contribution < 1.29 is 9.53 Å². The monoisotopic (exact) mass is 420 g/mol. The van der Waals surface area contributed by atoms with Gasteiger partial charge in [-0.3, -0.25) is 4.79 Å². The number of methoxy groups -OCH3 is 1. The van der Waals surface area contributed by atoms with E-state index in [4.69, 9.17) is 4.74 Å². The number of aryl methyl sites for hydroxylation is 1. The lowest BCUT2D eigenvalue weighted by Gasteiger charge is -2.18. The Hall–Kier alpha value is -3.19. The first-order valence-electron chi connectivity index (χ1n) is 9.89. The molecule has 3 aromatic heterocycles. The van der Waals surface area contributed by atoms with Crippen molar-refractivity contribution in [2.75, 3.05) is 7.11 Å². The topological polar surface area (TPSA) is 69.0 Å². The molecule has 0 saturated carbocycles. The van der Waals surface area contributed by atoms with Crippen LogP contribution in [0.1, 0.15) is 45.9 Å². The molecule has 0 aliphatic rings. The summed E-state index contributed by atoms with van der Waals surface area (Å²) in [6.45, 7) is 4.60. The highest BCUT2D eigenvalue weighted by molar-refractivity contribution is 7.09. The molecule has 1 N–H and O–H groups in total. The highest BCUT2D eigenvalue weighted by Crippen LogP contribution is 2.24. The summed E-state index contributed by atoms with van der Waals surface area (Å²) in [5.74, 6) is 0.674. The van der Waals surface area contributed by atoms with Crippen molar-refractivity contribution in [1.29, 1.82) is 0 Å². The van der Waals surface area contributed by atoms with E-state index in [1.165, 1.54) is 4.88 Å². The number of benzene rings is 1. The highest BCUT2D eigenvalue weighted by atomic mass is 32.1. The van der Waals surface area contributed by atoms with Crippen LogP contribution in [0.3, 0.4) is 0 Å². The van der Waals surface area contributed by atoms with E-state index >= 15 is 0 Å². The fraction of sp³-hybridized carbons (Fsp3) is 0.261. The minimum absolute atomic E-state index is 0.0897. The third-order valence-electron chi connectivity index (χ3n) is 5.10. The number of hydrogen-bond acceptors (Lipinski definition) is 5. The molecule has 0 saturated heterocycles. The molecule has 0 spiro atoms. The maximum absolute atomic E-state index is 13.2. The summed E-state index contributed by atoms with van der Waals surface area (Å²) in [6, 6.07) is 13.6. The van der Waals surface area contributed by atoms with E-state index in [2.05, 4.69) is 28.4 Å². The molecule has 4 rings (SSSR count). The first-order valence-corrected chi connectivity index (χ1v) is 10.8. The van der Waals surface area contributed by atoms with Crippen LogP contribution in [0, 0.1) is 6.92 Å². The fourth-order valence-electron chi connectivity index (χ4n) is 3.52. The first-order chi connectivity index (χ1) is 14.6. The standard InChI is InChI=1S/C23H24N4O2S/c1-4-21(16-7-9-17(29-3)10-8-16)26-23(28)19-12-15(2)25-22-20(19)13-24-27(22)14-18-6-5-11-30-18/h5-13,21H,4,14H2,1-3H3,(H,26,28). The summed E-state index contributed by atoms with van der Waals surface area (Å²) in [5, 5.41) is 10.5. The first kappa shape index (κ1) is 20.1. The van der Waals surface area contributed by atoms with E-state index in [1.54, 1.807) is 24.6 Å². The van der Waals surface area contributed by atoms with Gasteiger partial charge in [-0.15, -0.1) is 11.3 Å². The number of aromatic nitrogens is 3. The van der Waals surface area contributed by atoms with Gasteiger partial charge in [0.2, 0.25) is 0 Å². The lowest BCUT2D eigenvalue weighted by Crippen LogP contribution is -2.28. The molecule has 0 aliphatic carbocycles. The molecule has 7 heteroatoms. The van der Waals surface area contributed by atoms with Crippen LogP contribution in [-0.4, -0.2) is 27.8 Å². The van der Waals surface area contributed by atoms with E-state index in [1.807, 2.05) is 53.4 Å². The molecule has 0 bridgehead atoms. The Morgan fingerprint density at radius 2 is 2.07 bits per heavy atom. The number of pyridine rings is 1. The molecule has 1 amide bonds. The molecule has 0 aliphatic heterocycles. The van der Waals surface area contributed by atoms with E-state index in [9.17, 15) is 4.79 Å². The highest BCUT2D eigenvalue weighted by Gasteiger charge is 2.19. The van der Waals surface area contributed by atoms with Crippen LogP contribution in [0.15, 0.2) is 54.0 Å². The van der Waals surface area contributed by atoms with Crippen LogP contribution >= 0.6 is 11.3 Å². The number of thiophene rings is 1. The van der Waals surface area contributed by atoms with Gasteiger partial charge in [0.15, 0.2) is 5.65 Å². The van der Waals surface area contributed by atoms with Crippen LogP contribution in [0.4, 0.5) is 0 Å². The molecule has 6 nitrogen and oxygen atoms in total. The Labute approximate surface area is 179 Å². The summed E-state index contributed by atoms with van der Waals surface area (Å²) in [4.78, 5) is 19.0. The second-order valence-electron chi connectivity index (χ2n) is 7.14. The average molecular weight is 421 g/mol. The largest absolute Gasteiger partial charge is 0.497 e. The second kappa shape index (κ2) is 8.67. The van der Waals surface area contributed by atoms with Crippen molar-refractivity contribution in [1.82, 2.24) is 20.1 Å². The van der Waals surface area contributed by atoms with Crippen LogP contribution in [0.5, 0.6) is 5.75 Å². The maximum atomic E-state index is 13.2. The molecule has 154 valence electrons. The zero-order valence-electron chi connectivity index (χ0n) is 17.3. The third kappa shape index (κ3) is 4.07. The van der Waals surface area contributed by atoms with Gasteiger partial charge in [0.05, 0.1) is 36.8 Å². The summed E-state index contributed by atoms with van der Waals surface area (Å²) >= 11 is 1.68. The van der Waals surface area contributed by atoms with Crippen molar-refractivity contribution in [3.63, 3.8) is 0 Å². The van der Waals surface area contributed by atoms with Gasteiger partial charge in [-0.2, -0.15) is 5.10 Å². The van der Waals surface area contributed by atoms with Crippen molar-refractivity contribution >= 4 is 28.3 Å². The van der Waals surface area contributed by atoms with Crippen LogP contribution in [-0.2, 0) is 6.54 Å². The number of carbonyl (C=O) groups excluding carboxylic acids is 1. The summed E-state index contributed by atoms with van der Waals surface area (Å²) in [6.07, 6.45) is 2.52. The molecule has 4 aromatic rings. The van der Waals surface area contributed by atoms with Crippen molar-refractivity contribution in [3.8, 4) is 5.75 Å². The van der Waals surface area contributed by atoms with Gasteiger partial charge >= 0.3 is 0 Å². The van der Waals surface area contributed by atoms with Crippen molar-refractivity contribution in [2.24, 2.45) is 0 Å². The van der Waals surface area contributed by atoms with Gasteiger partial charge in [-0.25, -0.2) is 9.67 Å². The SMILES string of the molecule is CCC(NC(=O)c1cc(C)nc2c1cnn2Cc1cccs1)c1ccc(OC)cc1. The average Bonchev–Trinajstić information content (AvgIpc) is 3.42. The molecular formula is C23H24N4O2S. The summed E-state index contributed by atoms with van der Waals surface area (Å²) < 4.78 is 7.08. The van der Waals surface area contributed by atoms with E-state index in [0.717, 1.165) is 34.5 Å². The molecule has 1 unspecified atom stereocenters. The number of carbonyl (C=O) groups is 1. The summed E-state index contributed by atoms with van der Waals surface area (Å²) in [5.41, 5.74) is 3.16. The second-order valence-corrected chi connectivity index (χ2v) is 8.17. The third-order valence-corrected chi connectivity index (χ3v) is 5.96. The number of ether oxygens (including phenoxy) is 1. The molecule has 0 radical (unpaired) electrons. The Balaban J connectivity index is 1.62. The predicted molar refractivity (Wildman–Crippen MR) is 119 cm³/mol. The molecular weight excluding hydrogens is 396 g/mol. The van der Waals surface area contributed by atoms with E-state index in [-0.39, 0.29) is 11.9 Å². The van der Waals surface area contributed by atoms with Gasteiger partial charge < -0.3 is 10.1 Å². The number of rotatable bonds is 7. The van der Waals surface area contributed by atoms with Crippen LogP contribution in [0.2, 0.25) is 0 Å². The van der Waals surface area contributed by atoms with Crippen LogP contribution < -0.4 is 10.1 Å². The lowest BCUT2D eigenvalue weighted by molar-refractivity contribution is 0.0937. The van der Waals surface area contributed by atoms with E-state index < -0.39 is 0 Å². The molecule has 3 heterocycles. The van der Waals surface area contributed by atoms with Gasteiger partial charge in [0.25, 0.3) is 5.91 Å². The van der Waals surface area contributed by atoms with Crippen LogP contribution in [0.25, 0.3) is 11.0 Å². The fourth-order valence-corrected chi connectivity index (χ4v) is 4.21. The minimum atomic E-state index is -0.121. The van der Waals surface area contributed by atoms with Crippen molar-refractivity contribution in [2.45, 2.75) is 32.9 Å². The van der Waals surface area contributed by atoms with E-state index in [0.29, 0.717) is 12.1 Å². The zero-order valence-corrected chi connectivity index (χ0v) is 18.1. The van der Waals surface area contributed by atoms with Gasteiger partial charge in [0, 0.05) is 10.6 Å². The minimum Gasteiger partial charge on any atom is -0.497 e. The lowest BCUT2D eigenvalue weighted by atomic mass is 10.0.